The summed E-state index contributed by atoms with van der Waals surface area (Å²) >= 11 is 0. The van der Waals surface area contributed by atoms with Crippen molar-refractivity contribution in [2.75, 3.05) is 31.1 Å². The Balaban J connectivity index is 1.76. The topological polar surface area (TPSA) is 73.5 Å². The van der Waals surface area contributed by atoms with Gasteiger partial charge in [0.15, 0.2) is 0 Å². The van der Waals surface area contributed by atoms with E-state index in [2.05, 4.69) is 33.0 Å². The van der Waals surface area contributed by atoms with Crippen molar-refractivity contribution in [2.24, 2.45) is 4.99 Å². The third-order valence-electron chi connectivity index (χ3n) is 6.28. The number of ether oxygens (including phenoxy) is 1. The fourth-order valence-corrected chi connectivity index (χ4v) is 4.74. The summed E-state index contributed by atoms with van der Waals surface area (Å²) in [5, 5.41) is 12.8. The highest BCUT2D eigenvalue weighted by atomic mass is 19.1. The van der Waals surface area contributed by atoms with Gasteiger partial charge in [0.05, 0.1) is 24.0 Å². The highest BCUT2D eigenvalue weighted by Gasteiger charge is 2.33. The van der Waals surface area contributed by atoms with E-state index in [1.54, 1.807) is 12.1 Å². The van der Waals surface area contributed by atoms with Crippen LogP contribution < -0.4 is 10.2 Å². The second-order valence-corrected chi connectivity index (χ2v) is 8.95. The highest BCUT2D eigenvalue weighted by molar-refractivity contribution is 5.85. The number of hydrogen-bond acceptors (Lipinski definition) is 6. The van der Waals surface area contributed by atoms with Crippen LogP contribution in [0.15, 0.2) is 65.1 Å². The zero-order chi connectivity index (χ0) is 24.8. The first-order valence-corrected chi connectivity index (χ1v) is 11.8. The average Bonchev–Trinajstić information content (AvgIpc) is 2.86. The van der Waals surface area contributed by atoms with Gasteiger partial charge in [-0.05, 0) is 61.9 Å². The first kappa shape index (κ1) is 24.5. The first-order chi connectivity index (χ1) is 17.0. The largest absolute Gasteiger partial charge is 0.373 e. The molecule has 0 saturated carbocycles. The number of nitrogens with one attached hydrogen (secondary N) is 1. The van der Waals surface area contributed by atoms with Crippen molar-refractivity contribution in [1.29, 1.82) is 5.26 Å². The van der Waals surface area contributed by atoms with Gasteiger partial charge in [-0.3, -0.25) is 9.98 Å². The number of piperidine rings is 1. The molecular formula is C28H30FN5O. The van der Waals surface area contributed by atoms with Crippen LogP contribution in [-0.4, -0.2) is 50.1 Å². The molecule has 4 rings (SSSR count). The number of hydrogen-bond donors (Lipinski definition) is 1. The molecule has 2 saturated heterocycles. The van der Waals surface area contributed by atoms with Crippen LogP contribution >= 0.6 is 0 Å². The van der Waals surface area contributed by atoms with Gasteiger partial charge in [-0.2, -0.15) is 5.26 Å². The SMILES string of the molecule is C=N\C=C(C#N)/C=C(C)/C=C/c1cncc(-c2cc(C)cc(F)c2)c1N1CC[C@H]2NCCO[C@@H]2C1. The van der Waals surface area contributed by atoms with E-state index in [0.29, 0.717) is 18.2 Å². The number of morpholine rings is 1. The molecule has 2 aliphatic heterocycles. The number of aryl methyl sites for hydroxylation is 1. The number of rotatable bonds is 6. The predicted octanol–water partition coefficient (Wildman–Crippen LogP) is 4.83. The zero-order valence-corrected chi connectivity index (χ0v) is 20.2. The van der Waals surface area contributed by atoms with Gasteiger partial charge in [0, 0.05) is 55.4 Å². The second kappa shape index (κ2) is 11.2. The standard InChI is InChI=1S/C28H30FN5O/c1-19(10-21(14-30)15-31-3)4-5-22-16-32-17-25(23-11-20(2)12-24(29)13-23)28(22)34-8-6-26-27(18-34)35-9-7-33-26/h4-5,10-13,15-17,26-27,33H,3,6-9,18H2,1-2H3/b5-4+,19-10+,21-15+/t26-,27-/m1/s1. The lowest BCUT2D eigenvalue weighted by molar-refractivity contribution is -0.00901. The third-order valence-corrected chi connectivity index (χ3v) is 6.28. The Bertz CT molecular complexity index is 1210. The Kier molecular flexibility index (Phi) is 7.86. The van der Waals surface area contributed by atoms with Gasteiger partial charge in [0.25, 0.3) is 0 Å². The van der Waals surface area contributed by atoms with Gasteiger partial charge >= 0.3 is 0 Å². The van der Waals surface area contributed by atoms with E-state index in [-0.39, 0.29) is 11.9 Å². The number of aromatic nitrogens is 1. The maximum Gasteiger partial charge on any atom is 0.124 e. The molecule has 2 fully saturated rings. The maximum absolute atomic E-state index is 14.4. The average molecular weight is 472 g/mol. The van der Waals surface area contributed by atoms with Crippen molar-refractivity contribution in [3.8, 4) is 17.2 Å². The number of nitriles is 1. The smallest absolute Gasteiger partial charge is 0.124 e. The molecule has 7 heteroatoms. The molecule has 0 bridgehead atoms. The molecule has 2 aliphatic rings. The Hall–Kier alpha value is -3.60. The van der Waals surface area contributed by atoms with Crippen LogP contribution in [0.3, 0.4) is 0 Å². The van der Waals surface area contributed by atoms with Gasteiger partial charge in [0.2, 0.25) is 0 Å². The first-order valence-electron chi connectivity index (χ1n) is 11.8. The fourth-order valence-electron chi connectivity index (χ4n) is 4.74. The van der Waals surface area contributed by atoms with Crippen molar-refractivity contribution >= 4 is 18.5 Å². The molecule has 3 heterocycles. The van der Waals surface area contributed by atoms with Crippen molar-refractivity contribution in [3.05, 3.63) is 77.0 Å². The Morgan fingerprint density at radius 3 is 3.00 bits per heavy atom. The molecule has 1 N–H and O–H groups in total. The zero-order valence-electron chi connectivity index (χ0n) is 20.2. The minimum absolute atomic E-state index is 0.0981. The second-order valence-electron chi connectivity index (χ2n) is 8.95. The van der Waals surface area contributed by atoms with E-state index in [1.165, 1.54) is 12.3 Å². The van der Waals surface area contributed by atoms with Gasteiger partial charge in [-0.25, -0.2) is 4.39 Å². The van der Waals surface area contributed by atoms with Crippen molar-refractivity contribution in [3.63, 3.8) is 0 Å². The lowest BCUT2D eigenvalue weighted by Crippen LogP contribution is -2.58. The molecule has 0 radical (unpaired) electrons. The summed E-state index contributed by atoms with van der Waals surface area (Å²) < 4.78 is 20.4. The van der Waals surface area contributed by atoms with Crippen LogP contribution in [0.2, 0.25) is 0 Å². The molecule has 0 aliphatic carbocycles. The molecule has 0 amide bonds. The Labute approximate surface area is 206 Å². The molecule has 0 unspecified atom stereocenters. The molecule has 180 valence electrons. The van der Waals surface area contributed by atoms with E-state index in [4.69, 9.17) is 4.74 Å². The number of pyridine rings is 1. The molecule has 2 atom stereocenters. The van der Waals surface area contributed by atoms with Crippen LogP contribution in [-0.2, 0) is 4.74 Å². The van der Waals surface area contributed by atoms with Gasteiger partial charge in [-0.15, -0.1) is 0 Å². The molecule has 1 aromatic heterocycles. The number of allylic oxidation sites excluding steroid dienone is 4. The lowest BCUT2D eigenvalue weighted by atomic mass is 9.95. The molecule has 0 spiro atoms. The van der Waals surface area contributed by atoms with E-state index >= 15 is 0 Å². The van der Waals surface area contributed by atoms with Crippen LogP contribution in [0, 0.1) is 24.1 Å². The highest BCUT2D eigenvalue weighted by Crippen LogP contribution is 2.37. The van der Waals surface area contributed by atoms with E-state index in [9.17, 15) is 9.65 Å². The molecule has 6 nitrogen and oxygen atoms in total. The molecule has 2 aromatic rings. The van der Waals surface area contributed by atoms with Crippen molar-refractivity contribution in [1.82, 2.24) is 10.3 Å². The quantitative estimate of drug-likeness (QED) is 0.371. The fraction of sp³-hybridized carbons (Fsp3) is 0.321. The van der Waals surface area contributed by atoms with Gasteiger partial charge in [-0.1, -0.05) is 18.2 Å². The minimum Gasteiger partial charge on any atom is -0.373 e. The Morgan fingerprint density at radius 1 is 1.37 bits per heavy atom. The molecular weight excluding hydrogens is 441 g/mol. The van der Waals surface area contributed by atoms with Crippen LogP contribution in [0.5, 0.6) is 0 Å². The number of aliphatic imine (C=N–C) groups is 1. The van der Waals surface area contributed by atoms with E-state index < -0.39 is 0 Å². The summed E-state index contributed by atoms with van der Waals surface area (Å²) in [5.74, 6) is -0.268. The summed E-state index contributed by atoms with van der Waals surface area (Å²) in [6.07, 6.45) is 11.8. The van der Waals surface area contributed by atoms with Gasteiger partial charge in [0.1, 0.15) is 11.9 Å². The number of benzene rings is 1. The minimum atomic E-state index is -0.268. The summed E-state index contributed by atoms with van der Waals surface area (Å²) in [5.41, 5.74) is 5.77. The summed E-state index contributed by atoms with van der Waals surface area (Å²) in [4.78, 5) is 10.5. The van der Waals surface area contributed by atoms with E-state index in [1.807, 2.05) is 44.5 Å². The normalized spacial score (nSPS) is 21.0. The number of anilines is 1. The van der Waals surface area contributed by atoms with Crippen molar-refractivity contribution in [2.45, 2.75) is 32.4 Å². The van der Waals surface area contributed by atoms with E-state index in [0.717, 1.165) is 59.6 Å². The lowest BCUT2D eigenvalue weighted by Gasteiger charge is -2.43. The maximum atomic E-state index is 14.4. The molecule has 35 heavy (non-hydrogen) atoms. The predicted molar refractivity (Wildman–Crippen MR) is 139 cm³/mol. The van der Waals surface area contributed by atoms with Crippen LogP contribution in [0.1, 0.15) is 24.5 Å². The van der Waals surface area contributed by atoms with Crippen molar-refractivity contribution < 1.29 is 9.13 Å². The summed E-state index contributed by atoms with van der Waals surface area (Å²) in [6, 6.07) is 7.52. The Morgan fingerprint density at radius 2 is 2.23 bits per heavy atom. The number of halogens is 1. The van der Waals surface area contributed by atoms with Crippen LogP contribution in [0.25, 0.3) is 17.2 Å². The van der Waals surface area contributed by atoms with Crippen LogP contribution in [0.4, 0.5) is 10.1 Å². The third kappa shape index (κ3) is 5.91. The monoisotopic (exact) mass is 471 g/mol. The number of nitrogens with zero attached hydrogens (tertiary/aromatic N) is 4. The molecule has 1 aromatic carbocycles. The number of fused-ring (bicyclic) bond motifs is 1. The summed E-state index contributed by atoms with van der Waals surface area (Å²) in [6.45, 7) is 10.4. The van der Waals surface area contributed by atoms with Gasteiger partial charge < -0.3 is 15.0 Å². The summed E-state index contributed by atoms with van der Waals surface area (Å²) in [7, 11) is 0.